The topological polar surface area (TPSA) is 37.3 Å². The third kappa shape index (κ3) is 2.37. The highest BCUT2D eigenvalue weighted by atomic mass is 16.2. The molecule has 110 valence electrons. The van der Waals surface area contributed by atoms with Gasteiger partial charge in [0, 0.05) is 30.9 Å². The minimum Gasteiger partial charge on any atom is -0.340 e. The largest absolute Gasteiger partial charge is 0.340 e. The first-order valence-corrected chi connectivity index (χ1v) is 7.78. The molecule has 0 spiro atoms. The fraction of sp³-hybridized carbons (Fsp3) is 0.688. The Hall–Kier alpha value is -1.29. The summed E-state index contributed by atoms with van der Waals surface area (Å²) in [6.07, 6.45) is 7.85. The zero-order valence-electron chi connectivity index (χ0n) is 12.6. The molecule has 0 atom stereocenters. The first kappa shape index (κ1) is 13.7. The third-order valence-corrected chi connectivity index (χ3v) is 5.22. The van der Waals surface area contributed by atoms with Gasteiger partial charge in [0.2, 0.25) is 0 Å². The van der Waals surface area contributed by atoms with Crippen LogP contribution in [0.3, 0.4) is 0 Å². The molecule has 1 aromatic heterocycles. The molecule has 2 fully saturated rings. The van der Waals surface area contributed by atoms with E-state index >= 15 is 0 Å². The molecule has 1 N–H and O–H groups in total. The molecule has 3 rings (SSSR count). The molecule has 1 aliphatic carbocycles. The van der Waals surface area contributed by atoms with Gasteiger partial charge in [-0.3, -0.25) is 4.79 Å². The summed E-state index contributed by atoms with van der Waals surface area (Å²) in [7, 11) is 2.01. The van der Waals surface area contributed by atoms with E-state index in [1.807, 2.05) is 24.1 Å². The molecular formula is C16H25N3O. The van der Waals surface area contributed by atoms with E-state index in [4.69, 9.17) is 0 Å². The van der Waals surface area contributed by atoms with Gasteiger partial charge in [0.1, 0.15) is 5.69 Å². The van der Waals surface area contributed by atoms with Crippen LogP contribution in [0, 0.1) is 0 Å². The maximum absolute atomic E-state index is 12.7. The molecule has 1 amide bonds. The molecule has 2 aliphatic rings. The lowest BCUT2D eigenvalue weighted by molar-refractivity contribution is 0.0645. The molecular weight excluding hydrogens is 250 g/mol. The number of nitrogens with zero attached hydrogens (tertiary/aromatic N) is 2. The predicted octanol–water partition coefficient (Wildman–Crippen LogP) is 2.43. The van der Waals surface area contributed by atoms with E-state index in [1.165, 1.54) is 19.3 Å². The van der Waals surface area contributed by atoms with Crippen molar-refractivity contribution in [1.29, 1.82) is 0 Å². The Morgan fingerprint density at radius 2 is 2.05 bits per heavy atom. The molecule has 1 aliphatic heterocycles. The molecule has 1 saturated carbocycles. The Kier molecular flexibility index (Phi) is 3.59. The van der Waals surface area contributed by atoms with Crippen LogP contribution in [-0.2, 0) is 0 Å². The van der Waals surface area contributed by atoms with Crippen molar-refractivity contribution in [3.05, 3.63) is 24.0 Å². The summed E-state index contributed by atoms with van der Waals surface area (Å²) in [4.78, 5) is 14.7. The summed E-state index contributed by atoms with van der Waals surface area (Å²) in [6, 6.07) is 4.54. The number of aromatic nitrogens is 1. The van der Waals surface area contributed by atoms with Crippen LogP contribution in [-0.4, -0.2) is 41.1 Å². The van der Waals surface area contributed by atoms with Crippen LogP contribution in [0.1, 0.15) is 55.6 Å². The number of hydrogen-bond donors (Lipinski definition) is 1. The Bertz CT molecular complexity index is 482. The molecule has 4 nitrogen and oxygen atoms in total. The van der Waals surface area contributed by atoms with Crippen molar-refractivity contribution in [2.24, 2.45) is 0 Å². The van der Waals surface area contributed by atoms with Crippen LogP contribution in [0.15, 0.2) is 18.3 Å². The van der Waals surface area contributed by atoms with E-state index in [2.05, 4.69) is 23.0 Å². The summed E-state index contributed by atoms with van der Waals surface area (Å²) in [5, 5.41) is 3.38. The van der Waals surface area contributed by atoms with Crippen molar-refractivity contribution >= 4 is 5.91 Å². The van der Waals surface area contributed by atoms with E-state index in [0.29, 0.717) is 6.04 Å². The summed E-state index contributed by atoms with van der Waals surface area (Å²) >= 11 is 0. The van der Waals surface area contributed by atoms with Gasteiger partial charge in [-0.1, -0.05) is 0 Å². The quantitative estimate of drug-likeness (QED) is 0.920. The minimum atomic E-state index is 0.187. The van der Waals surface area contributed by atoms with Gasteiger partial charge in [-0.2, -0.15) is 0 Å². The van der Waals surface area contributed by atoms with Gasteiger partial charge in [-0.05, 0) is 58.2 Å². The molecule has 2 heterocycles. The second-order valence-corrected chi connectivity index (χ2v) is 6.49. The molecule has 0 unspecified atom stereocenters. The van der Waals surface area contributed by atoms with Crippen LogP contribution in [0.4, 0.5) is 0 Å². The third-order valence-electron chi connectivity index (χ3n) is 5.22. The molecule has 0 aromatic carbocycles. The molecule has 1 saturated heterocycles. The Morgan fingerprint density at radius 1 is 1.35 bits per heavy atom. The van der Waals surface area contributed by atoms with E-state index < -0.39 is 0 Å². The van der Waals surface area contributed by atoms with Crippen LogP contribution in [0.2, 0.25) is 0 Å². The van der Waals surface area contributed by atoms with Gasteiger partial charge >= 0.3 is 0 Å². The highest BCUT2D eigenvalue weighted by Crippen LogP contribution is 2.33. The van der Waals surface area contributed by atoms with E-state index in [9.17, 15) is 4.79 Å². The van der Waals surface area contributed by atoms with Crippen molar-refractivity contribution < 1.29 is 4.79 Å². The Balaban J connectivity index is 1.69. The number of piperidine rings is 1. The summed E-state index contributed by atoms with van der Waals surface area (Å²) < 4.78 is 2.19. The molecule has 20 heavy (non-hydrogen) atoms. The lowest BCUT2D eigenvalue weighted by atomic mass is 9.89. The first-order valence-electron chi connectivity index (χ1n) is 7.78. The Morgan fingerprint density at radius 3 is 2.60 bits per heavy atom. The van der Waals surface area contributed by atoms with Gasteiger partial charge in [0.25, 0.3) is 5.91 Å². The van der Waals surface area contributed by atoms with Gasteiger partial charge in [-0.15, -0.1) is 0 Å². The normalized spacial score (nSPS) is 22.6. The lowest BCUT2D eigenvalue weighted by Crippen LogP contribution is -2.51. The average molecular weight is 275 g/mol. The number of hydrogen-bond acceptors (Lipinski definition) is 2. The predicted molar refractivity (Wildman–Crippen MR) is 79.9 cm³/mol. The molecule has 0 bridgehead atoms. The number of nitrogens with one attached hydrogen (secondary N) is 1. The smallest absolute Gasteiger partial charge is 0.270 e. The van der Waals surface area contributed by atoms with Crippen LogP contribution < -0.4 is 5.32 Å². The fourth-order valence-corrected chi connectivity index (χ4v) is 3.17. The number of rotatable bonds is 3. The van der Waals surface area contributed by atoms with Gasteiger partial charge < -0.3 is 14.8 Å². The minimum absolute atomic E-state index is 0.187. The number of amides is 1. The highest BCUT2D eigenvalue weighted by Gasteiger charge is 2.32. The standard InChI is InChI=1S/C16H25N3O/c1-16(17-2)8-11-18(12-9-16)15(20)14-7-4-10-19(14)13-5-3-6-13/h4,7,10,13,17H,3,5-6,8-9,11-12H2,1-2H3. The Labute approximate surface area is 121 Å². The maximum atomic E-state index is 12.7. The van der Waals surface area contributed by atoms with Crippen LogP contribution in [0.25, 0.3) is 0 Å². The van der Waals surface area contributed by atoms with Crippen molar-refractivity contribution in [3.63, 3.8) is 0 Å². The first-order chi connectivity index (χ1) is 9.63. The SMILES string of the molecule is CNC1(C)CCN(C(=O)c2cccn2C2CCC2)CC1. The zero-order chi connectivity index (χ0) is 14.2. The number of carbonyl (C=O) groups is 1. The van der Waals surface area contributed by atoms with Gasteiger partial charge in [0.05, 0.1) is 0 Å². The van der Waals surface area contributed by atoms with Crippen LogP contribution >= 0.6 is 0 Å². The molecule has 1 aromatic rings. The summed E-state index contributed by atoms with van der Waals surface area (Å²) in [6.45, 7) is 3.95. The van der Waals surface area contributed by atoms with Crippen molar-refractivity contribution in [2.75, 3.05) is 20.1 Å². The maximum Gasteiger partial charge on any atom is 0.270 e. The van der Waals surface area contributed by atoms with Crippen molar-refractivity contribution in [2.45, 2.75) is 50.6 Å². The van der Waals surface area contributed by atoms with E-state index in [-0.39, 0.29) is 11.4 Å². The van der Waals surface area contributed by atoms with Gasteiger partial charge in [0.15, 0.2) is 0 Å². The monoisotopic (exact) mass is 275 g/mol. The number of likely N-dealkylation sites (tertiary alicyclic amines) is 1. The van der Waals surface area contributed by atoms with E-state index in [0.717, 1.165) is 31.6 Å². The summed E-state index contributed by atoms with van der Waals surface area (Å²) in [5.41, 5.74) is 1.06. The van der Waals surface area contributed by atoms with Crippen molar-refractivity contribution in [3.8, 4) is 0 Å². The van der Waals surface area contributed by atoms with Gasteiger partial charge in [-0.25, -0.2) is 0 Å². The second-order valence-electron chi connectivity index (χ2n) is 6.49. The highest BCUT2D eigenvalue weighted by molar-refractivity contribution is 5.93. The second kappa shape index (κ2) is 5.24. The van der Waals surface area contributed by atoms with E-state index in [1.54, 1.807) is 0 Å². The lowest BCUT2D eigenvalue weighted by Gasteiger charge is -2.39. The number of carbonyl (C=O) groups excluding carboxylic acids is 1. The zero-order valence-corrected chi connectivity index (χ0v) is 12.6. The van der Waals surface area contributed by atoms with Crippen LogP contribution in [0.5, 0.6) is 0 Å². The fourth-order valence-electron chi connectivity index (χ4n) is 3.17. The summed E-state index contributed by atoms with van der Waals surface area (Å²) in [5.74, 6) is 0.208. The van der Waals surface area contributed by atoms with Crippen molar-refractivity contribution in [1.82, 2.24) is 14.8 Å². The molecule has 4 heteroatoms. The average Bonchev–Trinajstić information content (AvgIpc) is 2.86. The molecule has 0 radical (unpaired) electrons.